The van der Waals surface area contributed by atoms with Crippen LogP contribution in [0.5, 0.6) is 0 Å². The third-order valence-corrected chi connectivity index (χ3v) is 4.61. The predicted octanol–water partition coefficient (Wildman–Crippen LogP) is 3.39. The summed E-state index contributed by atoms with van der Waals surface area (Å²) in [4.78, 5) is 26.0. The van der Waals surface area contributed by atoms with E-state index >= 15 is 0 Å². The molecule has 1 heterocycles. The fourth-order valence-electron chi connectivity index (χ4n) is 2.78. The number of hydrogen-bond acceptors (Lipinski definition) is 4. The molecule has 1 amide bonds. The van der Waals surface area contributed by atoms with E-state index in [0.29, 0.717) is 23.8 Å². The second-order valence-corrected chi connectivity index (χ2v) is 6.40. The Morgan fingerprint density at radius 1 is 1.15 bits per heavy atom. The number of amides is 1. The Morgan fingerprint density at radius 2 is 1.92 bits per heavy atom. The minimum absolute atomic E-state index is 0.219. The number of rotatable bonds is 4. The molecule has 1 aliphatic rings. The summed E-state index contributed by atoms with van der Waals surface area (Å²) in [5, 5.41) is 0.368. The quantitative estimate of drug-likeness (QED) is 0.661. The summed E-state index contributed by atoms with van der Waals surface area (Å²) in [5.41, 5.74) is 8.63. The number of halogens is 1. The van der Waals surface area contributed by atoms with E-state index in [1.54, 1.807) is 4.90 Å². The first-order valence-electron chi connectivity index (χ1n) is 8.29. The lowest BCUT2D eigenvalue weighted by atomic mass is 10.00. The van der Waals surface area contributed by atoms with Gasteiger partial charge in [0.15, 0.2) is 6.61 Å². The number of ether oxygens (including phenoxy) is 1. The van der Waals surface area contributed by atoms with Gasteiger partial charge in [-0.2, -0.15) is 0 Å². The Labute approximate surface area is 157 Å². The summed E-state index contributed by atoms with van der Waals surface area (Å²) < 4.78 is 5.10. The fourth-order valence-corrected chi connectivity index (χ4v) is 2.90. The summed E-state index contributed by atoms with van der Waals surface area (Å²) in [6, 6.07) is 14.6. The van der Waals surface area contributed by atoms with E-state index in [2.05, 4.69) is 12.1 Å². The molecule has 6 heteroatoms. The molecular weight excluding hydrogens is 352 g/mol. The average molecular weight is 371 g/mol. The summed E-state index contributed by atoms with van der Waals surface area (Å²) in [6.45, 7) is 0.815. The van der Waals surface area contributed by atoms with Crippen molar-refractivity contribution in [1.29, 1.82) is 0 Å². The highest BCUT2D eigenvalue weighted by atomic mass is 35.5. The molecule has 0 aromatic heterocycles. The molecule has 2 N–H and O–H groups in total. The highest BCUT2D eigenvalue weighted by Crippen LogP contribution is 2.22. The predicted molar refractivity (Wildman–Crippen MR) is 102 cm³/mol. The van der Waals surface area contributed by atoms with Gasteiger partial charge in [-0.15, -0.1) is 0 Å². The Morgan fingerprint density at radius 3 is 2.58 bits per heavy atom. The van der Waals surface area contributed by atoms with E-state index in [1.807, 2.05) is 24.3 Å². The van der Waals surface area contributed by atoms with Gasteiger partial charge in [-0.05, 0) is 35.8 Å². The van der Waals surface area contributed by atoms with Crippen molar-refractivity contribution < 1.29 is 14.3 Å². The van der Waals surface area contributed by atoms with Crippen LogP contribution in [0.15, 0.2) is 54.6 Å². The Kier molecular flexibility index (Phi) is 5.58. The molecular formula is C20H19ClN2O3. The Balaban J connectivity index is 1.53. The van der Waals surface area contributed by atoms with Gasteiger partial charge in [0.25, 0.3) is 5.91 Å². The lowest BCUT2D eigenvalue weighted by molar-refractivity contribution is -0.134. The maximum Gasteiger partial charge on any atom is 0.338 e. The van der Waals surface area contributed by atoms with Crippen LogP contribution in [0.1, 0.15) is 22.3 Å². The zero-order chi connectivity index (χ0) is 18.5. The highest BCUT2D eigenvalue weighted by Gasteiger charge is 2.19. The number of anilines is 1. The molecule has 0 bridgehead atoms. The number of carbonyl (C=O) groups is 2. The first-order chi connectivity index (χ1) is 12.5. The number of nitrogens with two attached hydrogens (primary N) is 1. The average Bonchev–Trinajstić information content (AvgIpc) is 2.68. The van der Waals surface area contributed by atoms with Gasteiger partial charge in [-0.25, -0.2) is 4.79 Å². The Hall–Kier alpha value is -2.79. The minimum Gasteiger partial charge on any atom is -0.452 e. The zero-order valence-corrected chi connectivity index (χ0v) is 14.9. The van der Waals surface area contributed by atoms with Crippen LogP contribution in [0.3, 0.4) is 0 Å². The molecule has 0 saturated heterocycles. The van der Waals surface area contributed by atoms with Crippen molar-refractivity contribution >= 4 is 34.7 Å². The van der Waals surface area contributed by atoms with Crippen LogP contribution in [0, 0.1) is 0 Å². The van der Waals surface area contributed by atoms with Gasteiger partial charge < -0.3 is 15.4 Å². The number of nitrogens with zero attached hydrogens (tertiary/aromatic N) is 1. The topological polar surface area (TPSA) is 72.6 Å². The molecule has 0 unspecified atom stereocenters. The molecule has 0 radical (unpaired) electrons. The molecule has 2 aromatic rings. The number of benzene rings is 2. The van der Waals surface area contributed by atoms with Gasteiger partial charge in [-0.1, -0.05) is 48.0 Å². The number of esters is 1. The molecule has 0 fully saturated rings. The van der Waals surface area contributed by atoms with Crippen LogP contribution >= 0.6 is 11.6 Å². The number of nitrogen functional groups attached to an aromatic ring is 1. The summed E-state index contributed by atoms with van der Waals surface area (Å²) in [5.74, 6) is -0.817. The van der Waals surface area contributed by atoms with E-state index in [0.717, 1.165) is 6.42 Å². The molecule has 0 spiro atoms. The first-order valence-corrected chi connectivity index (χ1v) is 8.67. The molecule has 5 nitrogen and oxygen atoms in total. The third kappa shape index (κ3) is 4.24. The molecule has 0 saturated carbocycles. The highest BCUT2D eigenvalue weighted by molar-refractivity contribution is 6.33. The van der Waals surface area contributed by atoms with Crippen LogP contribution in [0.2, 0.25) is 5.02 Å². The normalized spacial score (nSPS) is 13.9. The van der Waals surface area contributed by atoms with E-state index < -0.39 is 5.97 Å². The maximum atomic E-state index is 12.3. The van der Waals surface area contributed by atoms with E-state index in [1.165, 1.54) is 29.3 Å². The molecule has 0 aliphatic carbocycles. The van der Waals surface area contributed by atoms with Crippen molar-refractivity contribution in [2.75, 3.05) is 25.4 Å². The molecule has 2 aromatic carbocycles. The smallest absolute Gasteiger partial charge is 0.338 e. The minimum atomic E-state index is -0.598. The van der Waals surface area contributed by atoms with Crippen molar-refractivity contribution in [2.24, 2.45) is 0 Å². The SMILES string of the molecule is Nc1cc(C(=O)OCC(=O)N2CC=C(c3ccccc3)CC2)ccc1Cl. The first kappa shape index (κ1) is 18.0. The lowest BCUT2D eigenvalue weighted by Crippen LogP contribution is -2.37. The standard InChI is InChI=1S/C20H19ClN2O3/c21-17-7-6-16(12-18(17)22)20(25)26-13-19(24)23-10-8-15(9-11-23)14-4-2-1-3-5-14/h1-8,12H,9-11,13,22H2. The van der Waals surface area contributed by atoms with Gasteiger partial charge in [0, 0.05) is 13.1 Å². The second-order valence-electron chi connectivity index (χ2n) is 6.00. The third-order valence-electron chi connectivity index (χ3n) is 4.26. The van der Waals surface area contributed by atoms with Crippen LogP contribution < -0.4 is 5.73 Å². The van der Waals surface area contributed by atoms with Gasteiger partial charge in [0.2, 0.25) is 0 Å². The molecule has 3 rings (SSSR count). The van der Waals surface area contributed by atoms with Crippen molar-refractivity contribution in [1.82, 2.24) is 4.90 Å². The van der Waals surface area contributed by atoms with Gasteiger partial charge >= 0.3 is 5.97 Å². The van der Waals surface area contributed by atoms with Crippen LogP contribution in [-0.4, -0.2) is 36.5 Å². The van der Waals surface area contributed by atoms with Gasteiger partial charge in [0.05, 0.1) is 16.3 Å². The summed E-state index contributed by atoms with van der Waals surface area (Å²) in [7, 11) is 0. The van der Waals surface area contributed by atoms with E-state index in [4.69, 9.17) is 22.1 Å². The Bertz CT molecular complexity index is 849. The molecule has 26 heavy (non-hydrogen) atoms. The van der Waals surface area contributed by atoms with Crippen molar-refractivity contribution in [3.8, 4) is 0 Å². The van der Waals surface area contributed by atoms with Crippen LogP contribution in [-0.2, 0) is 9.53 Å². The lowest BCUT2D eigenvalue weighted by Gasteiger charge is -2.26. The molecule has 134 valence electrons. The monoisotopic (exact) mass is 370 g/mol. The van der Waals surface area contributed by atoms with E-state index in [9.17, 15) is 9.59 Å². The fraction of sp³-hybridized carbons (Fsp3) is 0.200. The van der Waals surface area contributed by atoms with Crippen LogP contribution in [0.25, 0.3) is 5.57 Å². The summed E-state index contributed by atoms with van der Waals surface area (Å²) >= 11 is 5.83. The maximum absolute atomic E-state index is 12.3. The van der Waals surface area contributed by atoms with Crippen molar-refractivity contribution in [2.45, 2.75) is 6.42 Å². The largest absolute Gasteiger partial charge is 0.452 e. The van der Waals surface area contributed by atoms with Crippen molar-refractivity contribution in [3.05, 3.63) is 70.8 Å². The zero-order valence-electron chi connectivity index (χ0n) is 14.2. The van der Waals surface area contributed by atoms with Crippen molar-refractivity contribution in [3.63, 3.8) is 0 Å². The number of carbonyl (C=O) groups excluding carboxylic acids is 2. The summed E-state index contributed by atoms with van der Waals surface area (Å²) in [6.07, 6.45) is 2.82. The van der Waals surface area contributed by atoms with Gasteiger partial charge in [-0.3, -0.25) is 4.79 Å². The second kappa shape index (κ2) is 8.06. The van der Waals surface area contributed by atoms with Crippen LogP contribution in [0.4, 0.5) is 5.69 Å². The van der Waals surface area contributed by atoms with E-state index in [-0.39, 0.29) is 18.1 Å². The molecule has 1 aliphatic heterocycles. The molecule has 0 atom stereocenters. The number of hydrogen-bond donors (Lipinski definition) is 1. The van der Waals surface area contributed by atoms with Gasteiger partial charge in [0.1, 0.15) is 0 Å².